The summed E-state index contributed by atoms with van der Waals surface area (Å²) < 4.78 is 58.4. The van der Waals surface area contributed by atoms with Crippen molar-refractivity contribution in [2.24, 2.45) is 0 Å². The Kier molecular flexibility index (Phi) is 32.5. The summed E-state index contributed by atoms with van der Waals surface area (Å²) in [5.41, 5.74) is 0. The molecule has 14 nitrogen and oxygen atoms in total. The monoisotopic (exact) mass is 586 g/mol. The molecular weight excluding hydrogens is 536 g/mol. The average Bonchev–Trinajstić information content (AvgIpc) is 2.93. The molecule has 0 aromatic rings. The minimum atomic E-state index is -0.876. The second kappa shape index (κ2) is 33.7. The first-order chi connectivity index (χ1) is 19.7. The fraction of sp³-hybridized carbons (Fsp3) is 0.923. The highest BCUT2D eigenvalue weighted by Gasteiger charge is 2.01. The third kappa shape index (κ3) is 34.6. The summed E-state index contributed by atoms with van der Waals surface area (Å²) in [5, 5.41) is 8.47. The van der Waals surface area contributed by atoms with Gasteiger partial charge in [-0.2, -0.15) is 0 Å². The normalized spacial score (nSPS) is 11.2. The highest BCUT2D eigenvalue weighted by atomic mass is 16.6. The van der Waals surface area contributed by atoms with Crippen molar-refractivity contribution in [2.45, 2.75) is 19.8 Å². The van der Waals surface area contributed by atoms with Gasteiger partial charge >= 0.3 is 11.9 Å². The Morgan fingerprint density at radius 2 is 0.625 bits per heavy atom. The van der Waals surface area contributed by atoms with Gasteiger partial charge in [-0.15, -0.1) is 0 Å². The molecule has 0 aliphatic carbocycles. The zero-order valence-electron chi connectivity index (χ0n) is 24.0. The van der Waals surface area contributed by atoms with E-state index in [4.69, 9.17) is 57.2 Å². The van der Waals surface area contributed by atoms with Crippen molar-refractivity contribution in [3.05, 3.63) is 0 Å². The largest absolute Gasteiger partial charge is 0.481 e. The second-order valence-electron chi connectivity index (χ2n) is 7.82. The van der Waals surface area contributed by atoms with Crippen molar-refractivity contribution in [1.82, 2.24) is 0 Å². The molecular formula is C26H50O14. The smallest absolute Gasteiger partial charge is 0.308 e. The second-order valence-corrected chi connectivity index (χ2v) is 7.82. The topological polar surface area (TPSA) is 156 Å². The Labute approximate surface area is 237 Å². The minimum Gasteiger partial charge on any atom is -0.481 e. The van der Waals surface area contributed by atoms with Gasteiger partial charge in [0.2, 0.25) is 0 Å². The maximum atomic E-state index is 11.1. The molecule has 0 heterocycles. The maximum Gasteiger partial charge on any atom is 0.308 e. The molecule has 0 fully saturated rings. The molecule has 0 rings (SSSR count). The van der Waals surface area contributed by atoms with Crippen LogP contribution in [0.1, 0.15) is 19.8 Å². The summed E-state index contributed by atoms with van der Waals surface area (Å²) in [4.78, 5) is 21.4. The van der Waals surface area contributed by atoms with Gasteiger partial charge in [0.05, 0.1) is 152 Å². The lowest BCUT2D eigenvalue weighted by Crippen LogP contribution is -2.15. The van der Waals surface area contributed by atoms with Crippen LogP contribution < -0.4 is 0 Å². The molecule has 0 spiro atoms. The number of hydrogen-bond acceptors (Lipinski definition) is 13. The van der Waals surface area contributed by atoms with Crippen LogP contribution in [-0.4, -0.2) is 156 Å². The van der Waals surface area contributed by atoms with Gasteiger partial charge in [-0.25, -0.2) is 0 Å². The van der Waals surface area contributed by atoms with Gasteiger partial charge in [-0.3, -0.25) is 9.59 Å². The summed E-state index contributed by atoms with van der Waals surface area (Å²) in [5.74, 6) is -1.13. The summed E-state index contributed by atoms with van der Waals surface area (Å²) in [6.45, 7) is 11.0. The Morgan fingerprint density at radius 3 is 0.850 bits per heavy atom. The van der Waals surface area contributed by atoms with Crippen LogP contribution in [0.4, 0.5) is 0 Å². The average molecular weight is 587 g/mol. The highest BCUT2D eigenvalue weighted by molar-refractivity contribution is 5.69. The number of carboxylic acid groups (broad SMARTS) is 1. The van der Waals surface area contributed by atoms with E-state index in [1.807, 2.05) is 0 Å². The molecule has 40 heavy (non-hydrogen) atoms. The molecule has 0 saturated carbocycles. The third-order valence-corrected chi connectivity index (χ3v) is 4.56. The van der Waals surface area contributed by atoms with Gasteiger partial charge in [0.25, 0.3) is 0 Å². The molecule has 238 valence electrons. The number of carbonyl (C=O) groups is 2. The summed E-state index contributed by atoms with van der Waals surface area (Å²) in [6.07, 6.45) is 0.248. The van der Waals surface area contributed by atoms with E-state index >= 15 is 0 Å². The number of aliphatic carboxylic acids is 1. The van der Waals surface area contributed by atoms with Crippen LogP contribution >= 0.6 is 0 Å². The quantitative estimate of drug-likeness (QED) is 0.0825. The van der Waals surface area contributed by atoms with Gasteiger partial charge in [-0.05, 0) is 6.92 Å². The molecule has 0 saturated heterocycles. The molecule has 0 aromatic carbocycles. The maximum absolute atomic E-state index is 11.1. The van der Waals surface area contributed by atoms with Crippen LogP contribution in [0.2, 0.25) is 0 Å². The molecule has 0 aliphatic heterocycles. The molecule has 0 aromatic heterocycles. The Hall–Kier alpha value is -1.46. The Morgan fingerprint density at radius 1 is 0.400 bits per heavy atom. The first kappa shape index (κ1) is 38.5. The van der Waals surface area contributed by atoms with Crippen LogP contribution in [0.3, 0.4) is 0 Å². The van der Waals surface area contributed by atoms with Crippen LogP contribution in [0, 0.1) is 0 Å². The van der Waals surface area contributed by atoms with Crippen molar-refractivity contribution in [2.75, 3.05) is 139 Å². The third-order valence-electron chi connectivity index (χ3n) is 4.56. The van der Waals surface area contributed by atoms with E-state index < -0.39 is 5.97 Å². The first-order valence-electron chi connectivity index (χ1n) is 13.8. The molecule has 0 aliphatic rings. The zero-order valence-corrected chi connectivity index (χ0v) is 24.0. The van der Waals surface area contributed by atoms with Gasteiger partial charge < -0.3 is 57.2 Å². The lowest BCUT2D eigenvalue weighted by atomic mass is 10.5. The molecule has 0 amide bonds. The molecule has 0 atom stereocenters. The Balaban J connectivity index is 3.06. The van der Waals surface area contributed by atoms with Crippen LogP contribution in [0.5, 0.6) is 0 Å². The number of esters is 1. The molecule has 0 radical (unpaired) electrons. The van der Waals surface area contributed by atoms with Gasteiger partial charge in [0, 0.05) is 0 Å². The van der Waals surface area contributed by atoms with Gasteiger partial charge in [-0.1, -0.05) is 0 Å². The fourth-order valence-corrected chi connectivity index (χ4v) is 2.63. The van der Waals surface area contributed by atoms with Crippen molar-refractivity contribution >= 4 is 11.9 Å². The zero-order chi connectivity index (χ0) is 29.2. The van der Waals surface area contributed by atoms with E-state index in [0.717, 1.165) is 0 Å². The van der Waals surface area contributed by atoms with Gasteiger partial charge in [0.1, 0.15) is 0 Å². The Bertz CT molecular complexity index is 538. The van der Waals surface area contributed by atoms with Crippen molar-refractivity contribution < 1.29 is 66.8 Å². The predicted octanol–water partition coefficient (Wildman–Crippen LogP) is 0.580. The van der Waals surface area contributed by atoms with E-state index in [0.29, 0.717) is 132 Å². The molecule has 1 N–H and O–H groups in total. The van der Waals surface area contributed by atoms with Gasteiger partial charge in [0.15, 0.2) is 0 Å². The van der Waals surface area contributed by atoms with Crippen molar-refractivity contribution in [3.8, 4) is 0 Å². The highest BCUT2D eigenvalue weighted by Crippen LogP contribution is 1.90. The van der Waals surface area contributed by atoms with Crippen molar-refractivity contribution in [1.29, 1.82) is 0 Å². The standard InChI is InChI=1S/C26H50O14/c1-2-40-26(29)4-6-31-8-10-33-12-14-35-16-18-37-20-22-39-24-23-38-21-19-36-17-15-34-13-11-32-9-7-30-5-3-25(27)28/h2-24H2,1H3,(H,27,28). The summed E-state index contributed by atoms with van der Waals surface area (Å²) >= 11 is 0. The summed E-state index contributed by atoms with van der Waals surface area (Å²) in [7, 11) is 0. The molecule has 0 bridgehead atoms. The van der Waals surface area contributed by atoms with E-state index in [9.17, 15) is 9.59 Å². The number of hydrogen-bond donors (Lipinski definition) is 1. The SMILES string of the molecule is CCOC(=O)CCOCCOCCOCCOCCOCCOCCOCCOCCOCCOCCC(=O)O. The summed E-state index contributed by atoms with van der Waals surface area (Å²) in [6, 6.07) is 0. The van der Waals surface area contributed by atoms with E-state index in [1.54, 1.807) is 6.92 Å². The lowest BCUT2D eigenvalue weighted by Gasteiger charge is -2.09. The minimum absolute atomic E-state index is 0.00420. The number of ether oxygens (including phenoxy) is 11. The van der Waals surface area contributed by atoms with E-state index in [2.05, 4.69) is 0 Å². The van der Waals surface area contributed by atoms with E-state index in [1.165, 1.54) is 0 Å². The number of rotatable bonds is 34. The van der Waals surface area contributed by atoms with Crippen LogP contribution in [0.15, 0.2) is 0 Å². The first-order valence-corrected chi connectivity index (χ1v) is 13.8. The predicted molar refractivity (Wildman–Crippen MR) is 142 cm³/mol. The van der Waals surface area contributed by atoms with E-state index in [-0.39, 0.29) is 25.4 Å². The lowest BCUT2D eigenvalue weighted by molar-refractivity contribution is -0.144. The van der Waals surface area contributed by atoms with Crippen LogP contribution in [0.25, 0.3) is 0 Å². The number of carbonyl (C=O) groups excluding carboxylic acids is 1. The molecule has 0 unspecified atom stereocenters. The van der Waals surface area contributed by atoms with Crippen molar-refractivity contribution in [3.63, 3.8) is 0 Å². The molecule has 14 heteroatoms. The number of carboxylic acids is 1. The fourth-order valence-electron chi connectivity index (χ4n) is 2.63. The van der Waals surface area contributed by atoms with Crippen LogP contribution in [-0.2, 0) is 61.7 Å².